The average molecular weight is 219 g/mol. The molecule has 1 aromatic heterocycles. The van der Waals surface area contributed by atoms with Gasteiger partial charge in [-0.1, -0.05) is 33.8 Å². The van der Waals surface area contributed by atoms with Gasteiger partial charge >= 0.3 is 0 Å². The number of thiazole rings is 1. The minimum atomic E-state index is 0.532. The molecule has 1 heterocycles. The predicted octanol–water partition coefficient (Wildman–Crippen LogP) is 4.54. The molecule has 0 spiro atoms. The minimum absolute atomic E-state index is 0.532. The molecule has 2 heteroatoms. The summed E-state index contributed by atoms with van der Waals surface area (Å²) in [5, 5.41) is 1.24. The fourth-order valence-corrected chi connectivity index (χ4v) is 2.52. The lowest BCUT2D eigenvalue weighted by atomic mass is 10.0. The Bertz CT molecular complexity index is 462. The van der Waals surface area contributed by atoms with Gasteiger partial charge in [-0.05, 0) is 23.6 Å². The van der Waals surface area contributed by atoms with Crippen LogP contribution in [0.1, 0.15) is 50.1 Å². The molecule has 0 aliphatic heterocycles. The topological polar surface area (TPSA) is 12.9 Å². The first kappa shape index (κ1) is 10.6. The summed E-state index contributed by atoms with van der Waals surface area (Å²) >= 11 is 1.81. The zero-order valence-corrected chi connectivity index (χ0v) is 10.6. The standard InChI is InChI=1S/C13H17NS/c1-8(2)10-5-6-12-11(7-10)14-13(15-12)9(3)4/h5-9H,1-4H3. The number of nitrogens with zero attached hydrogens (tertiary/aromatic N) is 1. The van der Waals surface area contributed by atoms with Gasteiger partial charge in [0.1, 0.15) is 0 Å². The number of benzene rings is 1. The Morgan fingerprint density at radius 1 is 1.07 bits per heavy atom. The highest BCUT2D eigenvalue weighted by Gasteiger charge is 2.08. The third kappa shape index (κ3) is 2.05. The zero-order chi connectivity index (χ0) is 11.0. The molecular weight excluding hydrogens is 202 g/mol. The zero-order valence-electron chi connectivity index (χ0n) is 9.74. The van der Waals surface area contributed by atoms with Crippen LogP contribution in [0.25, 0.3) is 10.2 Å². The van der Waals surface area contributed by atoms with Crippen molar-refractivity contribution in [1.82, 2.24) is 4.98 Å². The number of aromatic nitrogens is 1. The highest BCUT2D eigenvalue weighted by Crippen LogP contribution is 2.29. The van der Waals surface area contributed by atoms with Gasteiger partial charge in [-0.25, -0.2) is 4.98 Å². The highest BCUT2D eigenvalue weighted by molar-refractivity contribution is 7.18. The second kappa shape index (κ2) is 3.93. The third-order valence-corrected chi connectivity index (χ3v) is 3.93. The van der Waals surface area contributed by atoms with Crippen molar-refractivity contribution in [3.05, 3.63) is 28.8 Å². The molecular formula is C13H17NS. The number of fused-ring (bicyclic) bond motifs is 1. The van der Waals surface area contributed by atoms with Crippen molar-refractivity contribution in [3.63, 3.8) is 0 Å². The summed E-state index contributed by atoms with van der Waals surface area (Å²) in [6.07, 6.45) is 0. The van der Waals surface area contributed by atoms with E-state index in [1.54, 1.807) is 0 Å². The van der Waals surface area contributed by atoms with Crippen LogP contribution in [0.2, 0.25) is 0 Å². The second-order valence-electron chi connectivity index (χ2n) is 4.59. The lowest BCUT2D eigenvalue weighted by Crippen LogP contribution is -1.86. The van der Waals surface area contributed by atoms with Crippen molar-refractivity contribution in [1.29, 1.82) is 0 Å². The number of rotatable bonds is 2. The van der Waals surface area contributed by atoms with E-state index < -0.39 is 0 Å². The van der Waals surface area contributed by atoms with Gasteiger partial charge in [0.25, 0.3) is 0 Å². The van der Waals surface area contributed by atoms with E-state index in [1.807, 2.05) is 11.3 Å². The summed E-state index contributed by atoms with van der Waals surface area (Å²) in [5.41, 5.74) is 2.54. The Balaban J connectivity index is 2.52. The molecule has 0 N–H and O–H groups in total. The molecule has 0 saturated carbocycles. The maximum Gasteiger partial charge on any atom is 0.0963 e. The molecule has 0 amide bonds. The molecule has 2 rings (SSSR count). The molecule has 0 fully saturated rings. The van der Waals surface area contributed by atoms with E-state index in [2.05, 4.69) is 50.9 Å². The van der Waals surface area contributed by atoms with E-state index in [0.717, 1.165) is 5.52 Å². The Kier molecular flexibility index (Phi) is 2.79. The molecule has 1 nitrogen and oxygen atoms in total. The molecule has 80 valence electrons. The van der Waals surface area contributed by atoms with Crippen molar-refractivity contribution in [2.75, 3.05) is 0 Å². The van der Waals surface area contributed by atoms with Gasteiger partial charge in [-0.3, -0.25) is 0 Å². The summed E-state index contributed by atoms with van der Waals surface area (Å²) in [5.74, 6) is 1.11. The summed E-state index contributed by atoms with van der Waals surface area (Å²) < 4.78 is 1.31. The summed E-state index contributed by atoms with van der Waals surface area (Å²) in [7, 11) is 0. The smallest absolute Gasteiger partial charge is 0.0963 e. The first-order valence-corrected chi connectivity index (χ1v) is 6.30. The van der Waals surface area contributed by atoms with E-state index in [0.29, 0.717) is 11.8 Å². The molecule has 1 aromatic carbocycles. The fourth-order valence-electron chi connectivity index (χ4n) is 1.57. The average Bonchev–Trinajstić information content (AvgIpc) is 2.59. The summed E-state index contributed by atoms with van der Waals surface area (Å²) in [6.45, 7) is 8.83. The Labute approximate surface area is 95.2 Å². The normalized spacial score (nSPS) is 11.9. The van der Waals surface area contributed by atoms with Crippen LogP contribution in [0.5, 0.6) is 0 Å². The molecule has 2 aromatic rings. The first-order valence-electron chi connectivity index (χ1n) is 5.48. The van der Waals surface area contributed by atoms with Gasteiger partial charge in [0.2, 0.25) is 0 Å². The molecule has 0 aliphatic rings. The first-order chi connectivity index (χ1) is 7.08. The van der Waals surface area contributed by atoms with Gasteiger partial charge in [0.05, 0.1) is 15.2 Å². The van der Waals surface area contributed by atoms with Crippen LogP contribution in [0.3, 0.4) is 0 Å². The second-order valence-corrected chi connectivity index (χ2v) is 5.65. The van der Waals surface area contributed by atoms with Gasteiger partial charge in [0.15, 0.2) is 0 Å². The number of hydrogen-bond donors (Lipinski definition) is 0. The van der Waals surface area contributed by atoms with Crippen LogP contribution in [0.4, 0.5) is 0 Å². The molecule has 0 radical (unpaired) electrons. The van der Waals surface area contributed by atoms with Crippen LogP contribution in [0, 0.1) is 0 Å². The van der Waals surface area contributed by atoms with E-state index in [4.69, 9.17) is 0 Å². The SMILES string of the molecule is CC(C)c1ccc2sc(C(C)C)nc2c1. The van der Waals surface area contributed by atoms with Gasteiger partial charge in [-0.2, -0.15) is 0 Å². The van der Waals surface area contributed by atoms with Gasteiger partial charge < -0.3 is 0 Å². The van der Waals surface area contributed by atoms with Gasteiger partial charge in [0, 0.05) is 5.92 Å². The van der Waals surface area contributed by atoms with Crippen molar-refractivity contribution in [3.8, 4) is 0 Å². The maximum absolute atomic E-state index is 4.67. The highest BCUT2D eigenvalue weighted by atomic mass is 32.1. The van der Waals surface area contributed by atoms with E-state index >= 15 is 0 Å². The van der Waals surface area contributed by atoms with Crippen molar-refractivity contribution in [2.45, 2.75) is 39.5 Å². The van der Waals surface area contributed by atoms with E-state index in [1.165, 1.54) is 15.3 Å². The molecule has 0 bridgehead atoms. The van der Waals surface area contributed by atoms with Crippen molar-refractivity contribution < 1.29 is 0 Å². The molecule has 0 atom stereocenters. The number of hydrogen-bond acceptors (Lipinski definition) is 2. The lowest BCUT2D eigenvalue weighted by molar-refractivity contribution is 0.854. The quantitative estimate of drug-likeness (QED) is 0.722. The fraction of sp³-hybridized carbons (Fsp3) is 0.462. The van der Waals surface area contributed by atoms with Crippen LogP contribution in [-0.4, -0.2) is 4.98 Å². The van der Waals surface area contributed by atoms with Crippen LogP contribution < -0.4 is 0 Å². The summed E-state index contributed by atoms with van der Waals surface area (Å²) in [4.78, 5) is 4.67. The maximum atomic E-state index is 4.67. The Morgan fingerprint density at radius 2 is 1.80 bits per heavy atom. The van der Waals surface area contributed by atoms with Crippen LogP contribution in [-0.2, 0) is 0 Å². The molecule has 15 heavy (non-hydrogen) atoms. The van der Waals surface area contributed by atoms with E-state index in [9.17, 15) is 0 Å². The van der Waals surface area contributed by atoms with Gasteiger partial charge in [-0.15, -0.1) is 11.3 Å². The van der Waals surface area contributed by atoms with Crippen LogP contribution in [0.15, 0.2) is 18.2 Å². The van der Waals surface area contributed by atoms with Crippen LogP contribution >= 0.6 is 11.3 Å². The van der Waals surface area contributed by atoms with Crippen molar-refractivity contribution >= 4 is 21.6 Å². The minimum Gasteiger partial charge on any atom is -0.241 e. The Morgan fingerprint density at radius 3 is 2.40 bits per heavy atom. The summed E-state index contributed by atoms with van der Waals surface area (Å²) in [6, 6.07) is 6.64. The van der Waals surface area contributed by atoms with Crippen molar-refractivity contribution in [2.24, 2.45) is 0 Å². The van der Waals surface area contributed by atoms with E-state index in [-0.39, 0.29) is 0 Å². The molecule has 0 saturated heterocycles. The molecule has 0 aliphatic carbocycles. The molecule has 0 unspecified atom stereocenters. The Hall–Kier alpha value is -0.890. The monoisotopic (exact) mass is 219 g/mol. The largest absolute Gasteiger partial charge is 0.241 e. The third-order valence-electron chi connectivity index (χ3n) is 2.59. The predicted molar refractivity (Wildman–Crippen MR) is 67.8 cm³/mol. The lowest BCUT2D eigenvalue weighted by Gasteiger charge is -2.03.